The van der Waals surface area contributed by atoms with Crippen LogP contribution in [0.25, 0.3) is 21.5 Å². The maximum absolute atomic E-state index is 6.06. The molecule has 18 heavy (non-hydrogen) atoms. The van der Waals surface area contributed by atoms with Crippen LogP contribution < -0.4 is 4.74 Å². The van der Waals surface area contributed by atoms with Crippen LogP contribution in [0, 0.1) is 0 Å². The Morgan fingerprint density at radius 2 is 1.72 bits per heavy atom. The van der Waals surface area contributed by atoms with Crippen molar-refractivity contribution >= 4 is 33.1 Å². The molecule has 0 aromatic heterocycles. The molecule has 0 bridgehead atoms. The minimum atomic E-state index is 0.658. The van der Waals surface area contributed by atoms with E-state index in [1.54, 1.807) is 0 Å². The van der Waals surface area contributed by atoms with Gasteiger partial charge in [0.05, 0.1) is 6.61 Å². The third-order valence-electron chi connectivity index (χ3n) is 3.06. The van der Waals surface area contributed by atoms with Gasteiger partial charge in [0.25, 0.3) is 0 Å². The van der Waals surface area contributed by atoms with Gasteiger partial charge in [-0.2, -0.15) is 0 Å². The number of benzene rings is 3. The molecule has 0 radical (unpaired) electrons. The second-order valence-corrected chi connectivity index (χ2v) is 4.66. The second kappa shape index (κ2) is 4.51. The zero-order valence-corrected chi connectivity index (χ0v) is 10.9. The minimum Gasteiger partial charge on any atom is -0.493 e. The summed E-state index contributed by atoms with van der Waals surface area (Å²) in [4.78, 5) is 0. The fourth-order valence-electron chi connectivity index (χ4n) is 2.30. The van der Waals surface area contributed by atoms with Crippen molar-refractivity contribution in [3.05, 3.63) is 53.6 Å². The Labute approximate surface area is 111 Å². The summed E-state index contributed by atoms with van der Waals surface area (Å²) in [6, 6.07) is 16.3. The monoisotopic (exact) mass is 256 g/mol. The highest BCUT2D eigenvalue weighted by molar-refractivity contribution is 6.31. The fourth-order valence-corrected chi connectivity index (χ4v) is 2.48. The van der Waals surface area contributed by atoms with Crippen LogP contribution in [0.15, 0.2) is 48.5 Å². The van der Waals surface area contributed by atoms with Crippen LogP contribution in [-0.2, 0) is 0 Å². The Bertz CT molecular complexity index is 719. The molecule has 0 saturated carbocycles. The van der Waals surface area contributed by atoms with Crippen molar-refractivity contribution in [2.45, 2.75) is 6.92 Å². The van der Waals surface area contributed by atoms with Gasteiger partial charge in [-0.25, -0.2) is 0 Å². The molecule has 2 heteroatoms. The smallest absolute Gasteiger partial charge is 0.134 e. The van der Waals surface area contributed by atoms with Crippen molar-refractivity contribution in [1.82, 2.24) is 0 Å². The van der Waals surface area contributed by atoms with Crippen molar-refractivity contribution in [3.63, 3.8) is 0 Å². The molecule has 0 heterocycles. The fraction of sp³-hybridized carbons (Fsp3) is 0.125. The zero-order chi connectivity index (χ0) is 12.5. The zero-order valence-electron chi connectivity index (χ0n) is 10.1. The van der Waals surface area contributed by atoms with Crippen LogP contribution in [-0.4, -0.2) is 6.61 Å². The van der Waals surface area contributed by atoms with E-state index in [2.05, 4.69) is 18.2 Å². The molecule has 0 aliphatic heterocycles. The highest BCUT2D eigenvalue weighted by Crippen LogP contribution is 2.35. The van der Waals surface area contributed by atoms with Gasteiger partial charge in [0.15, 0.2) is 0 Å². The van der Waals surface area contributed by atoms with Gasteiger partial charge in [-0.3, -0.25) is 0 Å². The van der Waals surface area contributed by atoms with E-state index in [1.165, 1.54) is 5.39 Å². The van der Waals surface area contributed by atoms with Gasteiger partial charge < -0.3 is 4.74 Å². The average molecular weight is 257 g/mol. The molecule has 0 fully saturated rings. The number of halogens is 1. The van der Waals surface area contributed by atoms with Crippen molar-refractivity contribution in [1.29, 1.82) is 0 Å². The standard InChI is InChI=1S/C16H13ClO/c1-2-18-16-14-6-4-3-5-11(14)9-12-10-13(17)7-8-15(12)16/h3-10H,2H2,1H3. The van der Waals surface area contributed by atoms with Gasteiger partial charge in [0, 0.05) is 15.8 Å². The van der Waals surface area contributed by atoms with Crippen LogP contribution in [0.3, 0.4) is 0 Å². The highest BCUT2D eigenvalue weighted by Gasteiger charge is 2.08. The van der Waals surface area contributed by atoms with Crippen molar-refractivity contribution in [2.75, 3.05) is 6.61 Å². The average Bonchev–Trinajstić information content (AvgIpc) is 2.38. The van der Waals surface area contributed by atoms with Gasteiger partial charge >= 0.3 is 0 Å². The van der Waals surface area contributed by atoms with E-state index in [4.69, 9.17) is 16.3 Å². The molecule has 3 aromatic rings. The molecule has 0 spiro atoms. The van der Waals surface area contributed by atoms with Crippen molar-refractivity contribution in [2.24, 2.45) is 0 Å². The number of rotatable bonds is 2. The Morgan fingerprint density at radius 1 is 0.944 bits per heavy atom. The van der Waals surface area contributed by atoms with E-state index in [-0.39, 0.29) is 0 Å². The predicted molar refractivity (Wildman–Crippen MR) is 77.6 cm³/mol. The summed E-state index contributed by atoms with van der Waals surface area (Å²) in [5.41, 5.74) is 0. The van der Waals surface area contributed by atoms with E-state index in [9.17, 15) is 0 Å². The number of fused-ring (bicyclic) bond motifs is 2. The predicted octanol–water partition coefficient (Wildman–Crippen LogP) is 5.05. The highest BCUT2D eigenvalue weighted by atomic mass is 35.5. The molecule has 1 nitrogen and oxygen atoms in total. The summed E-state index contributed by atoms with van der Waals surface area (Å²) in [5.74, 6) is 0.947. The number of hydrogen-bond acceptors (Lipinski definition) is 1. The van der Waals surface area contributed by atoms with Crippen LogP contribution in [0.1, 0.15) is 6.92 Å². The first-order valence-electron chi connectivity index (χ1n) is 6.03. The maximum atomic E-state index is 6.06. The van der Waals surface area contributed by atoms with Crippen molar-refractivity contribution in [3.8, 4) is 5.75 Å². The molecule has 0 amide bonds. The van der Waals surface area contributed by atoms with E-state index in [0.29, 0.717) is 6.61 Å². The third kappa shape index (κ3) is 1.81. The first-order chi connectivity index (χ1) is 8.79. The van der Waals surface area contributed by atoms with E-state index in [1.807, 2.05) is 37.3 Å². The Morgan fingerprint density at radius 3 is 2.56 bits per heavy atom. The minimum absolute atomic E-state index is 0.658. The molecule has 3 rings (SSSR count). The Balaban J connectivity index is 2.45. The summed E-state index contributed by atoms with van der Waals surface area (Å²) >= 11 is 6.06. The van der Waals surface area contributed by atoms with E-state index >= 15 is 0 Å². The molecule has 90 valence electrons. The van der Waals surface area contributed by atoms with Gasteiger partial charge in [-0.1, -0.05) is 35.9 Å². The van der Waals surface area contributed by atoms with Crippen LogP contribution >= 0.6 is 11.6 Å². The second-order valence-electron chi connectivity index (χ2n) is 4.23. The Hall–Kier alpha value is -1.73. The molecule has 0 saturated heterocycles. The molecule has 0 aliphatic rings. The largest absolute Gasteiger partial charge is 0.493 e. The first kappa shape index (κ1) is 11.4. The van der Waals surface area contributed by atoms with Gasteiger partial charge in [-0.05, 0) is 42.0 Å². The van der Waals surface area contributed by atoms with Crippen LogP contribution in [0.4, 0.5) is 0 Å². The molecule has 0 atom stereocenters. The quantitative estimate of drug-likeness (QED) is 0.584. The normalized spacial score (nSPS) is 11.0. The molecular formula is C16H13ClO. The maximum Gasteiger partial charge on any atom is 0.134 e. The van der Waals surface area contributed by atoms with Crippen LogP contribution in [0.2, 0.25) is 5.02 Å². The summed E-state index contributed by atoms with van der Waals surface area (Å²) in [5, 5.41) is 5.30. The van der Waals surface area contributed by atoms with Gasteiger partial charge in [-0.15, -0.1) is 0 Å². The Kier molecular flexibility index (Phi) is 2.85. The summed E-state index contributed by atoms with van der Waals surface area (Å²) in [6.45, 7) is 2.66. The SMILES string of the molecule is CCOc1c2ccccc2cc2cc(Cl)ccc12. The summed E-state index contributed by atoms with van der Waals surface area (Å²) in [6.07, 6.45) is 0. The molecule has 3 aromatic carbocycles. The lowest BCUT2D eigenvalue weighted by Crippen LogP contribution is -1.93. The first-order valence-corrected chi connectivity index (χ1v) is 6.41. The lowest BCUT2D eigenvalue weighted by molar-refractivity contribution is 0.348. The number of ether oxygens (including phenoxy) is 1. The summed E-state index contributed by atoms with van der Waals surface area (Å²) in [7, 11) is 0. The topological polar surface area (TPSA) is 9.23 Å². The molecule has 0 aliphatic carbocycles. The molecule has 0 N–H and O–H groups in total. The third-order valence-corrected chi connectivity index (χ3v) is 3.30. The van der Waals surface area contributed by atoms with Crippen LogP contribution in [0.5, 0.6) is 5.75 Å². The summed E-state index contributed by atoms with van der Waals surface area (Å²) < 4.78 is 5.83. The molecular weight excluding hydrogens is 244 g/mol. The lowest BCUT2D eigenvalue weighted by Gasteiger charge is -2.12. The van der Waals surface area contributed by atoms with E-state index in [0.717, 1.165) is 26.9 Å². The lowest BCUT2D eigenvalue weighted by atomic mass is 10.0. The van der Waals surface area contributed by atoms with Gasteiger partial charge in [0.1, 0.15) is 5.75 Å². The molecule has 0 unspecified atom stereocenters. The van der Waals surface area contributed by atoms with E-state index < -0.39 is 0 Å². The van der Waals surface area contributed by atoms with Gasteiger partial charge in [0.2, 0.25) is 0 Å². The number of hydrogen-bond donors (Lipinski definition) is 0. The van der Waals surface area contributed by atoms with Crippen molar-refractivity contribution < 1.29 is 4.74 Å².